The maximum atomic E-state index is 12.8. The molecule has 0 unspecified atom stereocenters. The lowest BCUT2D eigenvalue weighted by Gasteiger charge is -2.13. The molecule has 1 aromatic carbocycles. The second-order valence-corrected chi connectivity index (χ2v) is 5.02. The Hall–Kier alpha value is -1.89. The van der Waals surface area contributed by atoms with Gasteiger partial charge in [-0.25, -0.2) is 4.98 Å². The highest BCUT2D eigenvalue weighted by atomic mass is 79.9. The van der Waals surface area contributed by atoms with Crippen molar-refractivity contribution in [3.63, 3.8) is 0 Å². The molecule has 0 atom stereocenters. The van der Waals surface area contributed by atoms with Crippen LogP contribution in [0.4, 0.5) is 13.2 Å². The Labute approximate surface area is 127 Å². The van der Waals surface area contributed by atoms with Crippen molar-refractivity contribution in [2.45, 2.75) is 12.7 Å². The summed E-state index contributed by atoms with van der Waals surface area (Å²) in [5.74, 6) is -0.480. The van der Waals surface area contributed by atoms with Crippen LogP contribution in [-0.4, -0.2) is 10.9 Å². The van der Waals surface area contributed by atoms with Crippen LogP contribution in [0.1, 0.15) is 21.5 Å². The summed E-state index contributed by atoms with van der Waals surface area (Å²) in [6.45, 7) is -0.204. The Kier molecular flexibility index (Phi) is 4.62. The van der Waals surface area contributed by atoms with Gasteiger partial charge in [0.05, 0.1) is 11.1 Å². The Balaban J connectivity index is 2.10. The lowest BCUT2D eigenvalue weighted by molar-refractivity contribution is -0.138. The van der Waals surface area contributed by atoms with Crippen LogP contribution >= 0.6 is 15.9 Å². The first-order chi connectivity index (χ1) is 9.88. The van der Waals surface area contributed by atoms with Gasteiger partial charge in [-0.3, -0.25) is 4.79 Å². The summed E-state index contributed by atoms with van der Waals surface area (Å²) in [6.07, 6.45) is -3.10. The monoisotopic (exact) mass is 358 g/mol. The molecule has 0 radical (unpaired) electrons. The third-order valence-corrected chi connectivity index (χ3v) is 3.22. The zero-order valence-electron chi connectivity index (χ0n) is 10.6. The molecule has 110 valence electrons. The molecule has 1 heterocycles. The third-order valence-electron chi connectivity index (χ3n) is 2.75. The number of pyridine rings is 1. The first-order valence-electron chi connectivity index (χ1n) is 5.93. The van der Waals surface area contributed by atoms with Gasteiger partial charge in [0.25, 0.3) is 5.91 Å². The van der Waals surface area contributed by atoms with Crippen LogP contribution in [0.3, 0.4) is 0 Å². The number of halogens is 4. The minimum Gasteiger partial charge on any atom is -0.348 e. The molecular weight excluding hydrogens is 349 g/mol. The van der Waals surface area contributed by atoms with Gasteiger partial charge in [-0.2, -0.15) is 13.2 Å². The second kappa shape index (κ2) is 6.26. The summed E-state index contributed by atoms with van der Waals surface area (Å²) >= 11 is 3.13. The molecular formula is C14H10BrF3N2O. The maximum absolute atomic E-state index is 12.8. The van der Waals surface area contributed by atoms with Crippen molar-refractivity contribution in [1.82, 2.24) is 10.3 Å². The summed E-state index contributed by atoms with van der Waals surface area (Å²) in [7, 11) is 0. The van der Waals surface area contributed by atoms with Crippen LogP contribution in [0.5, 0.6) is 0 Å². The van der Waals surface area contributed by atoms with Crippen molar-refractivity contribution in [3.8, 4) is 0 Å². The van der Waals surface area contributed by atoms with E-state index in [1.54, 1.807) is 6.07 Å². The van der Waals surface area contributed by atoms with Crippen LogP contribution in [0.25, 0.3) is 0 Å². The molecule has 3 nitrogen and oxygen atoms in total. The molecule has 1 amide bonds. The van der Waals surface area contributed by atoms with Crippen molar-refractivity contribution in [2.75, 3.05) is 0 Å². The van der Waals surface area contributed by atoms with Crippen LogP contribution in [0.15, 0.2) is 47.2 Å². The van der Waals surface area contributed by atoms with Crippen molar-refractivity contribution in [2.24, 2.45) is 0 Å². The van der Waals surface area contributed by atoms with Crippen LogP contribution in [0.2, 0.25) is 0 Å². The SMILES string of the molecule is O=C(NCc1ccccc1C(F)(F)F)c1ccc(Br)nc1. The molecule has 1 N–H and O–H groups in total. The molecule has 0 fully saturated rings. The first-order valence-corrected chi connectivity index (χ1v) is 6.72. The van der Waals surface area contributed by atoms with Gasteiger partial charge >= 0.3 is 6.18 Å². The van der Waals surface area contributed by atoms with E-state index < -0.39 is 17.6 Å². The molecule has 21 heavy (non-hydrogen) atoms. The van der Waals surface area contributed by atoms with E-state index in [9.17, 15) is 18.0 Å². The molecule has 0 saturated carbocycles. The summed E-state index contributed by atoms with van der Waals surface area (Å²) in [4.78, 5) is 15.7. The first kappa shape index (κ1) is 15.5. The Morgan fingerprint density at radius 1 is 1.19 bits per heavy atom. The van der Waals surface area contributed by atoms with Crippen molar-refractivity contribution < 1.29 is 18.0 Å². The summed E-state index contributed by atoms with van der Waals surface area (Å²) in [5.41, 5.74) is -0.453. The highest BCUT2D eigenvalue weighted by Crippen LogP contribution is 2.31. The molecule has 0 aliphatic heterocycles. The molecule has 0 spiro atoms. The standard InChI is InChI=1S/C14H10BrF3N2O/c15-12-6-5-10(8-19-12)13(21)20-7-9-3-1-2-4-11(9)14(16,17)18/h1-6,8H,7H2,(H,20,21). The van der Waals surface area contributed by atoms with Crippen molar-refractivity contribution in [3.05, 3.63) is 63.9 Å². The number of hydrogen-bond acceptors (Lipinski definition) is 2. The van der Waals surface area contributed by atoms with Crippen LogP contribution < -0.4 is 5.32 Å². The van der Waals surface area contributed by atoms with E-state index in [4.69, 9.17) is 0 Å². The molecule has 0 aliphatic carbocycles. The van der Waals surface area contributed by atoms with Crippen molar-refractivity contribution in [1.29, 1.82) is 0 Å². The fraction of sp³-hybridized carbons (Fsp3) is 0.143. The third kappa shape index (κ3) is 4.04. The quantitative estimate of drug-likeness (QED) is 0.848. The highest BCUT2D eigenvalue weighted by molar-refractivity contribution is 9.10. The van der Waals surface area contributed by atoms with Gasteiger partial charge in [-0.15, -0.1) is 0 Å². The number of hydrogen-bond donors (Lipinski definition) is 1. The Bertz CT molecular complexity index is 641. The zero-order valence-corrected chi connectivity index (χ0v) is 12.2. The van der Waals surface area contributed by atoms with Gasteiger partial charge in [-0.05, 0) is 39.7 Å². The molecule has 0 aliphatic rings. The number of nitrogens with zero attached hydrogens (tertiary/aromatic N) is 1. The number of benzene rings is 1. The molecule has 7 heteroatoms. The fourth-order valence-electron chi connectivity index (χ4n) is 1.74. The van der Waals surface area contributed by atoms with Gasteiger partial charge < -0.3 is 5.32 Å². The Morgan fingerprint density at radius 3 is 2.52 bits per heavy atom. The molecule has 1 aromatic heterocycles. The summed E-state index contributed by atoms with van der Waals surface area (Å²) in [5, 5.41) is 2.45. The average Bonchev–Trinajstić information content (AvgIpc) is 2.45. The van der Waals surface area contributed by atoms with E-state index in [0.29, 0.717) is 4.60 Å². The smallest absolute Gasteiger partial charge is 0.348 e. The van der Waals surface area contributed by atoms with Gasteiger partial charge in [-0.1, -0.05) is 18.2 Å². The zero-order chi connectivity index (χ0) is 15.5. The number of carbonyl (C=O) groups excluding carboxylic acids is 1. The van der Waals surface area contributed by atoms with E-state index >= 15 is 0 Å². The number of aromatic nitrogens is 1. The molecule has 0 saturated heterocycles. The lowest BCUT2D eigenvalue weighted by atomic mass is 10.1. The molecule has 2 rings (SSSR count). The van der Waals surface area contributed by atoms with E-state index in [1.165, 1.54) is 30.5 Å². The predicted octanol–water partition coefficient (Wildman–Crippen LogP) is 3.79. The predicted molar refractivity (Wildman–Crippen MR) is 74.6 cm³/mol. The summed E-state index contributed by atoms with van der Waals surface area (Å²) < 4.78 is 39.0. The maximum Gasteiger partial charge on any atom is 0.416 e. The lowest BCUT2D eigenvalue weighted by Crippen LogP contribution is -2.24. The highest BCUT2D eigenvalue weighted by Gasteiger charge is 2.32. The van der Waals surface area contributed by atoms with Gasteiger partial charge in [0, 0.05) is 12.7 Å². The Morgan fingerprint density at radius 2 is 1.90 bits per heavy atom. The minimum atomic E-state index is -4.44. The van der Waals surface area contributed by atoms with Crippen LogP contribution in [0, 0.1) is 0 Å². The van der Waals surface area contributed by atoms with Crippen LogP contribution in [-0.2, 0) is 12.7 Å². The largest absolute Gasteiger partial charge is 0.416 e. The topological polar surface area (TPSA) is 42.0 Å². The second-order valence-electron chi connectivity index (χ2n) is 4.21. The van der Waals surface area contributed by atoms with Gasteiger partial charge in [0.2, 0.25) is 0 Å². The number of amides is 1. The summed E-state index contributed by atoms with van der Waals surface area (Å²) in [6, 6.07) is 8.25. The van der Waals surface area contributed by atoms with E-state index in [0.717, 1.165) is 6.07 Å². The molecule has 2 aromatic rings. The van der Waals surface area contributed by atoms with Gasteiger partial charge in [0.1, 0.15) is 4.60 Å². The number of carbonyl (C=O) groups is 1. The number of rotatable bonds is 3. The average molecular weight is 359 g/mol. The number of alkyl halides is 3. The van der Waals surface area contributed by atoms with E-state index in [1.807, 2.05) is 0 Å². The fourth-order valence-corrected chi connectivity index (χ4v) is 1.97. The molecule has 0 bridgehead atoms. The number of nitrogens with one attached hydrogen (secondary N) is 1. The van der Waals surface area contributed by atoms with E-state index in [-0.39, 0.29) is 17.7 Å². The van der Waals surface area contributed by atoms with Crippen molar-refractivity contribution >= 4 is 21.8 Å². The minimum absolute atomic E-state index is 0.0171. The van der Waals surface area contributed by atoms with E-state index in [2.05, 4.69) is 26.2 Å². The normalized spacial score (nSPS) is 11.2. The van der Waals surface area contributed by atoms with Gasteiger partial charge in [0.15, 0.2) is 0 Å².